The topological polar surface area (TPSA) is 85.4 Å². The van der Waals surface area contributed by atoms with Crippen molar-refractivity contribution in [2.45, 2.75) is 18.9 Å². The first-order valence-corrected chi connectivity index (χ1v) is 7.89. The van der Waals surface area contributed by atoms with Gasteiger partial charge in [0.2, 0.25) is 0 Å². The molecule has 1 saturated heterocycles. The SMILES string of the molecule is COc1ccc(NC(=O)c2ccc(NCC3CCCO3)nn2)cc1. The molecule has 2 N–H and O–H groups in total. The highest BCUT2D eigenvalue weighted by atomic mass is 16.5. The highest BCUT2D eigenvalue weighted by molar-refractivity contribution is 6.02. The maximum Gasteiger partial charge on any atom is 0.276 e. The van der Waals surface area contributed by atoms with Gasteiger partial charge >= 0.3 is 0 Å². The first kappa shape index (κ1) is 16.2. The van der Waals surface area contributed by atoms with Crippen molar-refractivity contribution in [1.29, 1.82) is 0 Å². The quantitative estimate of drug-likeness (QED) is 0.846. The Bertz CT molecular complexity index is 667. The molecule has 3 rings (SSSR count). The molecule has 0 aliphatic carbocycles. The molecule has 126 valence electrons. The summed E-state index contributed by atoms with van der Waals surface area (Å²) in [5.74, 6) is 1.05. The van der Waals surface area contributed by atoms with Crippen LogP contribution in [0.1, 0.15) is 23.3 Å². The number of rotatable bonds is 6. The average molecular weight is 328 g/mol. The maximum absolute atomic E-state index is 12.2. The minimum Gasteiger partial charge on any atom is -0.497 e. The molecular formula is C17H20N4O3. The Morgan fingerprint density at radius 2 is 2.08 bits per heavy atom. The number of amides is 1. The van der Waals surface area contributed by atoms with Crippen LogP contribution in [0, 0.1) is 0 Å². The van der Waals surface area contributed by atoms with Crippen molar-refractivity contribution >= 4 is 17.4 Å². The van der Waals surface area contributed by atoms with Crippen molar-refractivity contribution in [2.75, 3.05) is 30.9 Å². The van der Waals surface area contributed by atoms with E-state index < -0.39 is 0 Å². The summed E-state index contributed by atoms with van der Waals surface area (Å²) in [5, 5.41) is 13.9. The first-order valence-electron chi connectivity index (χ1n) is 7.89. The molecule has 2 aromatic rings. The molecule has 0 saturated carbocycles. The van der Waals surface area contributed by atoms with Crippen LogP contribution in [-0.2, 0) is 4.74 Å². The number of hydrogen-bond donors (Lipinski definition) is 2. The Kier molecular flexibility index (Phi) is 5.22. The summed E-state index contributed by atoms with van der Waals surface area (Å²) in [5.41, 5.74) is 0.927. The van der Waals surface area contributed by atoms with E-state index in [1.165, 1.54) is 0 Å². The van der Waals surface area contributed by atoms with Crippen LogP contribution in [0.5, 0.6) is 5.75 Å². The van der Waals surface area contributed by atoms with Crippen molar-refractivity contribution in [2.24, 2.45) is 0 Å². The number of carbonyl (C=O) groups is 1. The van der Waals surface area contributed by atoms with Crippen molar-refractivity contribution < 1.29 is 14.3 Å². The van der Waals surface area contributed by atoms with Gasteiger partial charge in [0.25, 0.3) is 5.91 Å². The van der Waals surface area contributed by atoms with Gasteiger partial charge in [-0.3, -0.25) is 4.79 Å². The highest BCUT2D eigenvalue weighted by Crippen LogP contribution is 2.16. The molecule has 2 heterocycles. The van der Waals surface area contributed by atoms with Gasteiger partial charge in [0.15, 0.2) is 5.69 Å². The average Bonchev–Trinajstić information content (AvgIpc) is 3.14. The van der Waals surface area contributed by atoms with Crippen LogP contribution in [0.3, 0.4) is 0 Å². The fraction of sp³-hybridized carbons (Fsp3) is 0.353. The predicted molar refractivity (Wildman–Crippen MR) is 90.4 cm³/mol. The third-order valence-electron chi connectivity index (χ3n) is 3.78. The predicted octanol–water partition coefficient (Wildman–Crippen LogP) is 2.33. The van der Waals surface area contributed by atoms with E-state index in [1.807, 2.05) is 0 Å². The lowest BCUT2D eigenvalue weighted by molar-refractivity contribution is 0.102. The largest absolute Gasteiger partial charge is 0.497 e. The minimum absolute atomic E-state index is 0.227. The molecule has 7 nitrogen and oxygen atoms in total. The summed E-state index contributed by atoms with van der Waals surface area (Å²) >= 11 is 0. The van der Waals surface area contributed by atoms with E-state index >= 15 is 0 Å². The lowest BCUT2D eigenvalue weighted by Crippen LogP contribution is -2.20. The van der Waals surface area contributed by atoms with E-state index in [9.17, 15) is 4.79 Å². The first-order chi connectivity index (χ1) is 11.7. The molecule has 1 atom stereocenters. The van der Waals surface area contributed by atoms with Gasteiger partial charge in [-0.2, -0.15) is 0 Å². The fourth-order valence-electron chi connectivity index (χ4n) is 2.44. The van der Waals surface area contributed by atoms with Gasteiger partial charge in [0.05, 0.1) is 13.2 Å². The molecule has 0 radical (unpaired) electrons. The second kappa shape index (κ2) is 7.74. The molecular weight excluding hydrogens is 308 g/mol. The van der Waals surface area contributed by atoms with Crippen molar-refractivity contribution in [1.82, 2.24) is 10.2 Å². The van der Waals surface area contributed by atoms with E-state index in [0.717, 1.165) is 25.2 Å². The summed E-state index contributed by atoms with van der Waals surface area (Å²) in [6.45, 7) is 1.52. The molecule has 7 heteroatoms. The highest BCUT2D eigenvalue weighted by Gasteiger charge is 2.15. The zero-order valence-electron chi connectivity index (χ0n) is 13.5. The molecule has 1 amide bonds. The summed E-state index contributed by atoms with van der Waals surface area (Å²) < 4.78 is 10.6. The van der Waals surface area contributed by atoms with Crippen molar-refractivity contribution in [3.8, 4) is 5.75 Å². The zero-order chi connectivity index (χ0) is 16.8. The summed E-state index contributed by atoms with van der Waals surface area (Å²) in [6, 6.07) is 10.5. The maximum atomic E-state index is 12.2. The number of nitrogens with one attached hydrogen (secondary N) is 2. The van der Waals surface area contributed by atoms with Crippen LogP contribution in [0.4, 0.5) is 11.5 Å². The van der Waals surface area contributed by atoms with E-state index in [1.54, 1.807) is 43.5 Å². The number of carbonyl (C=O) groups excluding carboxylic acids is 1. The number of hydrogen-bond acceptors (Lipinski definition) is 6. The van der Waals surface area contributed by atoms with Gasteiger partial charge < -0.3 is 20.1 Å². The van der Waals surface area contributed by atoms with Gasteiger partial charge in [0.1, 0.15) is 11.6 Å². The molecule has 0 spiro atoms. The Hall–Kier alpha value is -2.67. The van der Waals surface area contributed by atoms with Gasteiger partial charge in [-0.25, -0.2) is 0 Å². The number of nitrogens with zero attached hydrogens (tertiary/aromatic N) is 2. The normalized spacial score (nSPS) is 16.6. The summed E-state index contributed by atoms with van der Waals surface area (Å²) in [6.07, 6.45) is 2.38. The second-order valence-corrected chi connectivity index (χ2v) is 5.50. The van der Waals surface area contributed by atoms with E-state index in [4.69, 9.17) is 9.47 Å². The molecule has 1 fully saturated rings. The molecule has 1 aliphatic heterocycles. The monoisotopic (exact) mass is 328 g/mol. The van der Waals surface area contributed by atoms with Crippen LogP contribution in [0.25, 0.3) is 0 Å². The molecule has 1 aliphatic rings. The van der Waals surface area contributed by atoms with Gasteiger partial charge in [-0.05, 0) is 49.2 Å². The summed E-state index contributed by atoms with van der Waals surface area (Å²) in [7, 11) is 1.59. The van der Waals surface area contributed by atoms with Crippen LogP contribution in [0.15, 0.2) is 36.4 Å². The Morgan fingerprint density at radius 3 is 2.71 bits per heavy atom. The van der Waals surface area contributed by atoms with Crippen LogP contribution >= 0.6 is 0 Å². The summed E-state index contributed by atoms with van der Waals surface area (Å²) in [4.78, 5) is 12.2. The van der Waals surface area contributed by atoms with Crippen molar-refractivity contribution in [3.63, 3.8) is 0 Å². The van der Waals surface area contributed by atoms with Gasteiger partial charge in [-0.15, -0.1) is 10.2 Å². The molecule has 1 aromatic heterocycles. The number of benzene rings is 1. The zero-order valence-corrected chi connectivity index (χ0v) is 13.5. The van der Waals surface area contributed by atoms with E-state index in [-0.39, 0.29) is 17.7 Å². The number of aromatic nitrogens is 2. The van der Waals surface area contributed by atoms with Crippen LogP contribution in [-0.4, -0.2) is 42.5 Å². The molecule has 1 aromatic carbocycles. The third kappa shape index (κ3) is 4.20. The molecule has 1 unspecified atom stereocenters. The second-order valence-electron chi connectivity index (χ2n) is 5.50. The number of ether oxygens (including phenoxy) is 2. The van der Waals surface area contributed by atoms with Crippen molar-refractivity contribution in [3.05, 3.63) is 42.1 Å². The molecule has 24 heavy (non-hydrogen) atoms. The Balaban J connectivity index is 1.54. The van der Waals surface area contributed by atoms with Crippen LogP contribution in [0.2, 0.25) is 0 Å². The minimum atomic E-state index is -0.307. The smallest absolute Gasteiger partial charge is 0.276 e. The van der Waals surface area contributed by atoms with E-state index in [2.05, 4.69) is 20.8 Å². The van der Waals surface area contributed by atoms with Gasteiger partial charge in [0, 0.05) is 18.8 Å². The Morgan fingerprint density at radius 1 is 1.25 bits per heavy atom. The van der Waals surface area contributed by atoms with E-state index in [0.29, 0.717) is 18.1 Å². The van der Waals surface area contributed by atoms with Gasteiger partial charge in [-0.1, -0.05) is 0 Å². The van der Waals surface area contributed by atoms with Crippen LogP contribution < -0.4 is 15.4 Å². The Labute approximate surface area is 140 Å². The molecule has 0 bridgehead atoms. The standard InChI is InChI=1S/C17H20N4O3/c1-23-13-6-4-12(5-7-13)19-17(22)15-8-9-16(21-20-15)18-11-14-3-2-10-24-14/h4-9,14H,2-3,10-11H2,1H3,(H,18,21)(H,19,22). The number of anilines is 2. The fourth-order valence-corrected chi connectivity index (χ4v) is 2.44. The third-order valence-corrected chi connectivity index (χ3v) is 3.78. The lowest BCUT2D eigenvalue weighted by atomic mass is 10.2. The lowest BCUT2D eigenvalue weighted by Gasteiger charge is -2.11. The number of methoxy groups -OCH3 is 1.